The van der Waals surface area contributed by atoms with E-state index in [-0.39, 0.29) is 31.7 Å². The van der Waals surface area contributed by atoms with Crippen LogP contribution in [0.3, 0.4) is 0 Å². The predicted molar refractivity (Wildman–Crippen MR) is 161 cm³/mol. The Labute approximate surface area is 253 Å². The first-order valence-electron chi connectivity index (χ1n) is 15.7. The smallest absolute Gasteiger partial charge is 0.409 e. The monoisotopic (exact) mass is 593 g/mol. The van der Waals surface area contributed by atoms with Gasteiger partial charge in [-0.15, -0.1) is 0 Å². The van der Waals surface area contributed by atoms with Crippen molar-refractivity contribution in [3.63, 3.8) is 0 Å². The Morgan fingerprint density at radius 1 is 0.750 bits per heavy atom. The summed E-state index contributed by atoms with van der Waals surface area (Å²) >= 11 is 0. The molecule has 9 heteroatoms. The number of nitrogens with zero attached hydrogens (tertiary/aromatic N) is 2. The highest BCUT2D eigenvalue weighted by Crippen LogP contribution is 2.15. The van der Waals surface area contributed by atoms with E-state index in [0.717, 1.165) is 23.9 Å². The molecule has 1 atom stereocenters. The highest BCUT2D eigenvalue weighted by atomic mass is 35.5. The Bertz CT molecular complexity index is 618. The van der Waals surface area contributed by atoms with Gasteiger partial charge in [-0.25, -0.2) is 9.59 Å². The van der Waals surface area contributed by atoms with E-state index in [2.05, 4.69) is 33.4 Å². The number of hydrogen-bond donors (Lipinski definition) is 1. The van der Waals surface area contributed by atoms with Crippen LogP contribution in [0.4, 0.5) is 9.59 Å². The lowest BCUT2D eigenvalue weighted by molar-refractivity contribution is -0.869. The van der Waals surface area contributed by atoms with Gasteiger partial charge in [0.15, 0.2) is 0 Å². The van der Waals surface area contributed by atoms with Crippen molar-refractivity contribution >= 4 is 12.2 Å². The van der Waals surface area contributed by atoms with Crippen molar-refractivity contribution in [2.45, 2.75) is 122 Å². The minimum atomic E-state index is -0.901. The molecule has 0 fully saturated rings. The molecular weight excluding hydrogens is 530 g/mol. The number of methoxy groups -OCH3 is 1. The van der Waals surface area contributed by atoms with Crippen molar-refractivity contribution in [1.82, 2.24) is 10.2 Å². The van der Waals surface area contributed by atoms with Crippen molar-refractivity contribution in [2.75, 3.05) is 68.1 Å². The Kier molecular flexibility index (Phi) is 26.0. The number of alkyl carbamates (subject to hydrolysis) is 1. The number of amides is 2. The number of unbranched alkanes of at least 4 members (excludes halogenated alkanes) is 15. The van der Waals surface area contributed by atoms with E-state index in [0.29, 0.717) is 13.1 Å². The Balaban J connectivity index is 0. The van der Waals surface area contributed by atoms with Crippen LogP contribution in [-0.2, 0) is 14.2 Å². The molecule has 0 saturated heterocycles. The van der Waals surface area contributed by atoms with E-state index in [1.165, 1.54) is 97.0 Å². The van der Waals surface area contributed by atoms with Crippen molar-refractivity contribution in [1.29, 1.82) is 0 Å². The minimum absolute atomic E-state index is 0. The van der Waals surface area contributed by atoms with Crippen molar-refractivity contribution in [2.24, 2.45) is 0 Å². The molecule has 0 aromatic carbocycles. The van der Waals surface area contributed by atoms with Gasteiger partial charge in [-0.05, 0) is 13.3 Å². The lowest BCUT2D eigenvalue weighted by Gasteiger charge is -2.28. The second kappa shape index (κ2) is 25.5. The third-order valence-electron chi connectivity index (χ3n) is 7.21. The molecule has 0 aliphatic carbocycles. The van der Waals surface area contributed by atoms with Gasteiger partial charge in [0, 0.05) is 20.7 Å². The summed E-state index contributed by atoms with van der Waals surface area (Å²) in [6.45, 7) is 6.02. The fraction of sp³-hybridized carbons (Fsp3) is 0.935. The number of ether oxygens (including phenoxy) is 3. The molecule has 0 aliphatic heterocycles. The van der Waals surface area contributed by atoms with E-state index >= 15 is 0 Å². The van der Waals surface area contributed by atoms with Crippen LogP contribution in [0.25, 0.3) is 0 Å². The van der Waals surface area contributed by atoms with Gasteiger partial charge >= 0.3 is 12.2 Å². The summed E-state index contributed by atoms with van der Waals surface area (Å²) in [4.78, 5) is 26.0. The fourth-order valence-corrected chi connectivity index (χ4v) is 4.24. The van der Waals surface area contributed by atoms with Gasteiger partial charge in [0.25, 0.3) is 0 Å². The number of carbonyl (C=O) groups is 2. The third kappa shape index (κ3) is 25.7. The van der Waals surface area contributed by atoms with Gasteiger partial charge in [0.2, 0.25) is 0 Å². The Hall–Kier alpha value is -1.25. The molecule has 0 saturated carbocycles. The molecule has 0 radical (unpaired) electrons. The average molecular weight is 594 g/mol. The number of nitrogens with one attached hydrogen (secondary N) is 1. The highest BCUT2D eigenvalue weighted by Gasteiger charge is 2.29. The summed E-state index contributed by atoms with van der Waals surface area (Å²) in [5.41, 5.74) is -0.901. The maximum atomic E-state index is 12.4. The van der Waals surface area contributed by atoms with Crippen LogP contribution in [-0.4, -0.2) is 95.3 Å². The van der Waals surface area contributed by atoms with E-state index in [1.807, 2.05) is 0 Å². The summed E-state index contributed by atoms with van der Waals surface area (Å²) in [5.74, 6) is 0. The number of quaternary nitrogens is 1. The summed E-state index contributed by atoms with van der Waals surface area (Å²) < 4.78 is 16.9. The maximum absolute atomic E-state index is 12.4. The van der Waals surface area contributed by atoms with Crippen molar-refractivity contribution < 1.29 is 40.7 Å². The van der Waals surface area contributed by atoms with Gasteiger partial charge in [-0.2, -0.15) is 0 Å². The molecule has 0 bridgehead atoms. The first-order chi connectivity index (χ1) is 18.5. The molecule has 1 N–H and O–H groups in total. The molecule has 0 rings (SSSR count). The molecule has 0 aromatic rings. The number of hydrogen-bond acceptors (Lipinski definition) is 5. The van der Waals surface area contributed by atoms with E-state index in [1.54, 1.807) is 18.9 Å². The normalized spacial score (nSPS) is 12.8. The van der Waals surface area contributed by atoms with Crippen LogP contribution >= 0.6 is 0 Å². The fourth-order valence-electron chi connectivity index (χ4n) is 4.24. The average Bonchev–Trinajstić information content (AvgIpc) is 2.89. The molecule has 0 heterocycles. The number of carbonyl (C=O) groups excluding carboxylic acids is 2. The van der Waals surface area contributed by atoms with Gasteiger partial charge < -0.3 is 41.3 Å². The zero-order chi connectivity index (χ0) is 29.4. The molecule has 240 valence electrons. The SMILES string of the molecule is CCCCCCCCCCCCCCCCCCN(C)C(=O)OCC(C)(COC(=O)NCC[N+](C)(C)C)OC.[Cl-]. The number of halogens is 1. The van der Waals surface area contributed by atoms with Crippen LogP contribution in [0, 0.1) is 0 Å². The summed E-state index contributed by atoms with van der Waals surface area (Å²) in [6.07, 6.45) is 20.4. The molecular formula is C31H64ClN3O5. The lowest BCUT2D eigenvalue weighted by Crippen LogP contribution is -3.00. The second-order valence-corrected chi connectivity index (χ2v) is 12.5. The zero-order valence-corrected chi connectivity index (χ0v) is 27.9. The zero-order valence-electron chi connectivity index (χ0n) is 27.2. The van der Waals surface area contributed by atoms with Gasteiger partial charge in [-0.1, -0.05) is 103 Å². The molecule has 40 heavy (non-hydrogen) atoms. The van der Waals surface area contributed by atoms with Crippen molar-refractivity contribution in [3.05, 3.63) is 0 Å². The Morgan fingerprint density at radius 3 is 1.60 bits per heavy atom. The third-order valence-corrected chi connectivity index (χ3v) is 7.21. The topological polar surface area (TPSA) is 77.1 Å². The standard InChI is InChI=1S/C31H63N3O5.ClH/c1-8-9-10-11-12-13-14-15-16-17-18-19-20-21-22-23-25-33(3)30(36)39-28-31(2,37-7)27-38-29(35)32-24-26-34(4,5)6;/h8-28H2,1-7H3;1H. The Morgan fingerprint density at radius 2 is 1.18 bits per heavy atom. The summed E-state index contributed by atoms with van der Waals surface area (Å²) in [7, 11) is 9.45. The van der Waals surface area contributed by atoms with Gasteiger partial charge in [0.1, 0.15) is 18.8 Å². The molecule has 0 aliphatic rings. The van der Waals surface area contributed by atoms with Crippen LogP contribution in [0.5, 0.6) is 0 Å². The van der Waals surface area contributed by atoms with Crippen LogP contribution in [0.2, 0.25) is 0 Å². The van der Waals surface area contributed by atoms with Crippen LogP contribution in [0.15, 0.2) is 0 Å². The number of rotatable bonds is 25. The first kappa shape index (κ1) is 40.9. The molecule has 8 nitrogen and oxygen atoms in total. The van der Waals surface area contributed by atoms with Gasteiger partial charge in [-0.3, -0.25) is 0 Å². The second-order valence-electron chi connectivity index (χ2n) is 12.5. The highest BCUT2D eigenvalue weighted by molar-refractivity contribution is 5.67. The van der Waals surface area contributed by atoms with Crippen LogP contribution < -0.4 is 17.7 Å². The van der Waals surface area contributed by atoms with Crippen molar-refractivity contribution in [3.8, 4) is 0 Å². The predicted octanol–water partition coefficient (Wildman–Crippen LogP) is 4.16. The van der Waals surface area contributed by atoms with E-state index in [9.17, 15) is 9.59 Å². The lowest BCUT2D eigenvalue weighted by atomic mass is 10.0. The molecule has 0 aromatic heterocycles. The molecule has 2 amide bonds. The molecule has 1 unspecified atom stereocenters. The summed E-state index contributed by atoms with van der Waals surface area (Å²) in [6, 6.07) is 0. The van der Waals surface area contributed by atoms with E-state index in [4.69, 9.17) is 14.2 Å². The largest absolute Gasteiger partial charge is 1.00 e. The quantitative estimate of drug-likeness (QED) is 0.127. The molecule has 0 spiro atoms. The maximum Gasteiger partial charge on any atom is 0.409 e. The first-order valence-corrected chi connectivity index (χ1v) is 15.7. The minimum Gasteiger partial charge on any atom is -1.00 e. The van der Waals surface area contributed by atoms with E-state index < -0.39 is 11.7 Å². The summed E-state index contributed by atoms with van der Waals surface area (Å²) in [5, 5.41) is 2.73. The number of likely N-dealkylation sites (N-methyl/N-ethyl adjacent to an activating group) is 1. The van der Waals surface area contributed by atoms with Gasteiger partial charge in [0.05, 0.1) is 34.2 Å². The van der Waals surface area contributed by atoms with Crippen LogP contribution in [0.1, 0.15) is 117 Å².